The van der Waals surface area contributed by atoms with Gasteiger partial charge < -0.3 is 21.5 Å². The SMILES string of the molecule is CC(=O)NC(CC(C)C)C(=O)n1cc(-c2nc(C(=O)N/C(C=NC3CCCCC3)=C(/N)c3nc(F)ccc3F)cs2)cn1.CCO. The van der Waals surface area contributed by atoms with Crippen LogP contribution >= 0.6 is 11.3 Å². The van der Waals surface area contributed by atoms with Gasteiger partial charge in [0.25, 0.3) is 11.8 Å². The number of amides is 2. The molecule has 4 rings (SSSR count). The molecule has 2 amide bonds. The number of allylic oxidation sites excluding steroid dienone is 1. The number of aliphatic hydroxyl groups excluding tert-OH is 1. The van der Waals surface area contributed by atoms with Gasteiger partial charge in [-0.3, -0.25) is 19.4 Å². The molecule has 0 saturated heterocycles. The Hall–Kier alpha value is -4.37. The van der Waals surface area contributed by atoms with E-state index in [1.807, 2.05) is 13.8 Å². The number of hydrogen-bond acceptors (Lipinski definition) is 10. The number of carbonyl (C=O) groups is 3. The van der Waals surface area contributed by atoms with Crippen molar-refractivity contribution in [2.24, 2.45) is 16.6 Å². The zero-order chi connectivity index (χ0) is 33.8. The first kappa shape index (κ1) is 36.1. The third-order valence-corrected chi connectivity index (χ3v) is 7.66. The number of nitrogens with zero attached hydrogens (tertiary/aromatic N) is 5. The highest BCUT2D eigenvalue weighted by Crippen LogP contribution is 2.24. The fourth-order valence-electron chi connectivity index (χ4n) is 4.66. The molecule has 248 valence electrons. The fourth-order valence-corrected chi connectivity index (χ4v) is 5.44. The summed E-state index contributed by atoms with van der Waals surface area (Å²) in [6.45, 7) is 7.17. The number of carbonyl (C=O) groups excluding carboxylic acids is 3. The highest BCUT2D eigenvalue weighted by molar-refractivity contribution is 7.13. The number of nitrogens with one attached hydrogen (secondary N) is 2. The predicted octanol–water partition coefficient (Wildman–Crippen LogP) is 4.33. The molecule has 12 nitrogen and oxygen atoms in total. The zero-order valence-corrected chi connectivity index (χ0v) is 27.1. The van der Waals surface area contributed by atoms with Crippen LogP contribution in [0.5, 0.6) is 0 Å². The van der Waals surface area contributed by atoms with Gasteiger partial charge in [0.2, 0.25) is 11.9 Å². The molecule has 1 aliphatic carbocycles. The number of aliphatic hydroxyl groups is 1. The molecule has 1 fully saturated rings. The second-order valence-electron chi connectivity index (χ2n) is 11.1. The lowest BCUT2D eigenvalue weighted by Gasteiger charge is -2.18. The summed E-state index contributed by atoms with van der Waals surface area (Å²) in [6, 6.07) is 1.05. The number of aliphatic imine (C=N–C) groups is 1. The summed E-state index contributed by atoms with van der Waals surface area (Å²) < 4.78 is 29.5. The molecule has 1 saturated carbocycles. The molecule has 0 radical (unpaired) electrons. The van der Waals surface area contributed by atoms with E-state index in [2.05, 4.69) is 30.7 Å². The average Bonchev–Trinajstić information content (AvgIpc) is 3.70. The Kier molecular flexibility index (Phi) is 13.6. The van der Waals surface area contributed by atoms with E-state index in [1.54, 1.807) is 6.92 Å². The maximum atomic E-state index is 14.5. The van der Waals surface area contributed by atoms with Crippen LogP contribution < -0.4 is 16.4 Å². The van der Waals surface area contributed by atoms with Gasteiger partial charge in [-0.25, -0.2) is 19.0 Å². The number of pyridine rings is 1. The molecule has 0 aromatic carbocycles. The van der Waals surface area contributed by atoms with E-state index in [-0.39, 0.29) is 41.6 Å². The van der Waals surface area contributed by atoms with Crippen LogP contribution in [0.4, 0.5) is 8.78 Å². The molecule has 0 aliphatic heterocycles. The number of halogens is 2. The van der Waals surface area contributed by atoms with Crippen LogP contribution in [0.15, 0.2) is 40.6 Å². The van der Waals surface area contributed by atoms with E-state index in [4.69, 9.17) is 10.8 Å². The first-order valence-corrected chi connectivity index (χ1v) is 15.9. The molecule has 5 N–H and O–H groups in total. The van der Waals surface area contributed by atoms with E-state index in [1.165, 1.54) is 30.9 Å². The van der Waals surface area contributed by atoms with Crippen LogP contribution in [0.2, 0.25) is 0 Å². The third kappa shape index (κ3) is 10.3. The van der Waals surface area contributed by atoms with Crippen molar-refractivity contribution < 1.29 is 28.3 Å². The lowest BCUT2D eigenvalue weighted by atomic mass is 9.96. The minimum atomic E-state index is -0.926. The lowest BCUT2D eigenvalue weighted by molar-refractivity contribution is -0.119. The molecule has 3 aromatic rings. The standard InChI is InChI=1S/C29H34F2N8O3S.C2H6O/c1-16(2)11-21(35-17(3)40)29(42)39-14-18(12-34-39)28-37-23(15-43-28)27(41)36-22(13-33-19-7-5-4-6-8-19)25(32)26-20(30)9-10-24(31)38-26;1-2-3/h9-10,12-16,19,21H,4-8,11,32H2,1-3H3,(H,35,40)(H,36,41);3H,2H2,1H3/b25-22+,33-13?;. The second kappa shape index (κ2) is 17.4. The molecule has 0 bridgehead atoms. The van der Waals surface area contributed by atoms with Crippen molar-refractivity contribution in [3.05, 3.63) is 58.8 Å². The van der Waals surface area contributed by atoms with Gasteiger partial charge in [-0.2, -0.15) is 9.49 Å². The van der Waals surface area contributed by atoms with Crippen LogP contribution in [0.3, 0.4) is 0 Å². The maximum Gasteiger partial charge on any atom is 0.275 e. The van der Waals surface area contributed by atoms with Gasteiger partial charge in [0, 0.05) is 36.9 Å². The Morgan fingerprint density at radius 2 is 1.89 bits per heavy atom. The summed E-state index contributed by atoms with van der Waals surface area (Å²) in [7, 11) is 0. The Morgan fingerprint density at radius 1 is 1.20 bits per heavy atom. The molecule has 3 heterocycles. The van der Waals surface area contributed by atoms with E-state index in [0.717, 1.165) is 60.3 Å². The minimum absolute atomic E-state index is 0.0228. The molecular formula is C31H40F2N8O4S. The quantitative estimate of drug-likeness (QED) is 0.184. The average molecular weight is 659 g/mol. The Bertz CT molecular complexity index is 1560. The number of nitrogens with two attached hydrogens (primary N) is 1. The number of aromatic nitrogens is 4. The first-order valence-electron chi connectivity index (χ1n) is 15.0. The topological polar surface area (TPSA) is 177 Å². The Labute approximate surface area is 270 Å². The van der Waals surface area contributed by atoms with E-state index in [0.29, 0.717) is 17.0 Å². The fraction of sp³-hybridized carbons (Fsp3) is 0.452. The van der Waals surface area contributed by atoms with Crippen molar-refractivity contribution in [2.75, 3.05) is 6.61 Å². The lowest BCUT2D eigenvalue weighted by Crippen LogP contribution is -2.43. The molecule has 1 unspecified atom stereocenters. The summed E-state index contributed by atoms with van der Waals surface area (Å²) in [4.78, 5) is 50.3. The largest absolute Gasteiger partial charge is 0.397 e. The van der Waals surface area contributed by atoms with Gasteiger partial charge in [-0.1, -0.05) is 33.1 Å². The Morgan fingerprint density at radius 3 is 2.54 bits per heavy atom. The van der Waals surface area contributed by atoms with Crippen molar-refractivity contribution in [3.63, 3.8) is 0 Å². The Balaban J connectivity index is 0.00000185. The third-order valence-electron chi connectivity index (χ3n) is 6.77. The molecular weight excluding hydrogens is 618 g/mol. The summed E-state index contributed by atoms with van der Waals surface area (Å²) >= 11 is 1.15. The van der Waals surface area contributed by atoms with Crippen LogP contribution in [-0.2, 0) is 4.79 Å². The van der Waals surface area contributed by atoms with Crippen LogP contribution in [-0.4, -0.2) is 67.5 Å². The number of thiazole rings is 1. The molecule has 3 aromatic heterocycles. The minimum Gasteiger partial charge on any atom is -0.397 e. The van der Waals surface area contributed by atoms with Crippen LogP contribution in [0, 0.1) is 17.7 Å². The van der Waals surface area contributed by atoms with Gasteiger partial charge in [-0.15, -0.1) is 11.3 Å². The van der Waals surface area contributed by atoms with Crippen molar-refractivity contribution >= 4 is 41.0 Å². The molecule has 0 spiro atoms. The van der Waals surface area contributed by atoms with Crippen LogP contribution in [0.25, 0.3) is 16.3 Å². The number of hydrogen-bond donors (Lipinski definition) is 4. The predicted molar refractivity (Wildman–Crippen MR) is 172 cm³/mol. The van der Waals surface area contributed by atoms with Crippen molar-refractivity contribution in [3.8, 4) is 10.6 Å². The van der Waals surface area contributed by atoms with Crippen LogP contribution in [0.1, 0.15) is 87.2 Å². The molecule has 46 heavy (non-hydrogen) atoms. The molecule has 15 heteroatoms. The van der Waals surface area contributed by atoms with E-state index >= 15 is 0 Å². The highest BCUT2D eigenvalue weighted by Gasteiger charge is 2.24. The maximum absolute atomic E-state index is 14.5. The summed E-state index contributed by atoms with van der Waals surface area (Å²) in [5.74, 6) is -3.00. The smallest absolute Gasteiger partial charge is 0.275 e. The van der Waals surface area contributed by atoms with Gasteiger partial charge in [0.15, 0.2) is 5.82 Å². The van der Waals surface area contributed by atoms with Gasteiger partial charge >= 0.3 is 0 Å². The van der Waals surface area contributed by atoms with Gasteiger partial charge in [-0.05, 0) is 44.2 Å². The number of rotatable bonds is 10. The second-order valence-corrected chi connectivity index (χ2v) is 11.9. The van der Waals surface area contributed by atoms with E-state index in [9.17, 15) is 23.2 Å². The summed E-state index contributed by atoms with van der Waals surface area (Å²) in [5, 5.41) is 18.9. The summed E-state index contributed by atoms with van der Waals surface area (Å²) in [6.07, 6.45) is 9.65. The molecule has 1 atom stereocenters. The van der Waals surface area contributed by atoms with Crippen molar-refractivity contribution in [1.29, 1.82) is 0 Å². The molecule has 1 aliphatic rings. The van der Waals surface area contributed by atoms with Gasteiger partial charge in [0.1, 0.15) is 22.4 Å². The monoisotopic (exact) mass is 658 g/mol. The first-order chi connectivity index (χ1) is 21.9. The van der Waals surface area contributed by atoms with Gasteiger partial charge in [0.05, 0.1) is 23.6 Å². The summed E-state index contributed by atoms with van der Waals surface area (Å²) in [5.41, 5.74) is 5.93. The normalized spacial score (nSPS) is 14.8. The van der Waals surface area contributed by atoms with Crippen molar-refractivity contribution in [1.82, 2.24) is 30.4 Å². The van der Waals surface area contributed by atoms with Crippen molar-refractivity contribution in [2.45, 2.75) is 78.3 Å². The highest BCUT2D eigenvalue weighted by atomic mass is 32.1. The zero-order valence-electron chi connectivity index (χ0n) is 26.3. The van der Waals surface area contributed by atoms with E-state index < -0.39 is 35.3 Å².